The number of aliphatic hydroxyl groups is 1. The second-order valence-corrected chi connectivity index (χ2v) is 3.99. The van der Waals surface area contributed by atoms with Gasteiger partial charge >= 0.3 is 0 Å². The summed E-state index contributed by atoms with van der Waals surface area (Å²) in [4.78, 5) is 28.7. The van der Waals surface area contributed by atoms with Gasteiger partial charge in [0.05, 0.1) is 28.6 Å². The minimum absolute atomic E-state index is 0.0752. The third kappa shape index (κ3) is 2.63. The predicted molar refractivity (Wildman–Crippen MR) is 70.5 cm³/mol. The number of nitrogens with two attached hydrogens (primary N) is 2. The van der Waals surface area contributed by atoms with Crippen molar-refractivity contribution in [1.29, 1.82) is 0 Å². The van der Waals surface area contributed by atoms with Crippen molar-refractivity contribution in [1.82, 2.24) is 9.97 Å². The lowest BCUT2D eigenvalue weighted by atomic mass is 10.2. The monoisotopic (exact) mass is 263 g/mol. The van der Waals surface area contributed by atoms with Crippen molar-refractivity contribution in [3.05, 3.63) is 28.8 Å². The second kappa shape index (κ2) is 4.94. The van der Waals surface area contributed by atoms with Gasteiger partial charge in [0.1, 0.15) is 6.10 Å². The van der Waals surface area contributed by atoms with Gasteiger partial charge in [0.2, 0.25) is 5.91 Å². The minimum atomic E-state index is -1.32. The van der Waals surface area contributed by atoms with Crippen LogP contribution in [-0.2, 0) is 4.79 Å². The number of fused-ring (bicyclic) bond motifs is 1. The molecule has 0 spiro atoms. The van der Waals surface area contributed by atoms with Crippen LogP contribution >= 0.6 is 0 Å². The summed E-state index contributed by atoms with van der Waals surface area (Å²) in [6.07, 6.45) is -0.0367. The van der Waals surface area contributed by atoms with Crippen LogP contribution in [0.4, 0.5) is 11.4 Å². The maximum absolute atomic E-state index is 11.5. The normalized spacial score (nSPS) is 12.3. The molecule has 100 valence electrons. The Hall–Kier alpha value is -2.61. The number of nitrogen functional groups attached to an aromatic ring is 1. The third-order valence-corrected chi connectivity index (χ3v) is 2.63. The molecule has 1 aromatic carbocycles. The molecule has 1 unspecified atom stereocenters. The predicted octanol–water partition coefficient (Wildman–Crippen LogP) is -1.24. The number of aromatic nitrogens is 2. The fourth-order valence-electron chi connectivity index (χ4n) is 1.59. The molecule has 0 fully saturated rings. The lowest BCUT2D eigenvalue weighted by molar-refractivity contribution is -0.125. The molecule has 8 heteroatoms. The average Bonchev–Trinajstić information content (AvgIpc) is 2.37. The number of carbonyl (C=O) groups excluding carboxylic acids is 1. The molecule has 1 amide bonds. The van der Waals surface area contributed by atoms with Crippen molar-refractivity contribution in [3.8, 4) is 0 Å². The number of aromatic amines is 1. The van der Waals surface area contributed by atoms with Crippen LogP contribution in [0.1, 0.15) is 0 Å². The number of nitrogens with one attached hydrogen (secondary N) is 2. The largest absolute Gasteiger partial charge is 0.397 e. The van der Waals surface area contributed by atoms with E-state index in [1.54, 1.807) is 6.07 Å². The number of primary amides is 1. The van der Waals surface area contributed by atoms with Crippen molar-refractivity contribution in [2.45, 2.75) is 6.10 Å². The Morgan fingerprint density at radius 3 is 2.95 bits per heavy atom. The first-order valence-electron chi connectivity index (χ1n) is 5.47. The van der Waals surface area contributed by atoms with Crippen molar-refractivity contribution < 1.29 is 9.90 Å². The summed E-state index contributed by atoms with van der Waals surface area (Å²) in [5, 5.41) is 12.4. The summed E-state index contributed by atoms with van der Waals surface area (Å²) < 4.78 is 0. The molecule has 19 heavy (non-hydrogen) atoms. The van der Waals surface area contributed by atoms with Gasteiger partial charge in [0.15, 0.2) is 0 Å². The van der Waals surface area contributed by atoms with Crippen molar-refractivity contribution in [2.24, 2.45) is 5.73 Å². The molecule has 0 aliphatic rings. The van der Waals surface area contributed by atoms with Crippen LogP contribution in [0.25, 0.3) is 10.9 Å². The molecular weight excluding hydrogens is 250 g/mol. The summed E-state index contributed by atoms with van der Waals surface area (Å²) in [5.74, 6) is -0.832. The van der Waals surface area contributed by atoms with E-state index >= 15 is 0 Å². The molecule has 2 aromatic rings. The first-order valence-corrected chi connectivity index (χ1v) is 5.47. The van der Waals surface area contributed by atoms with E-state index in [0.29, 0.717) is 22.3 Å². The number of hydrogen-bond acceptors (Lipinski definition) is 6. The maximum Gasteiger partial charge on any atom is 0.258 e. The summed E-state index contributed by atoms with van der Waals surface area (Å²) in [7, 11) is 0. The Morgan fingerprint density at radius 2 is 2.26 bits per heavy atom. The van der Waals surface area contributed by atoms with Crippen molar-refractivity contribution >= 4 is 28.2 Å². The van der Waals surface area contributed by atoms with Gasteiger partial charge in [0, 0.05) is 6.54 Å². The summed E-state index contributed by atoms with van der Waals surface area (Å²) in [6.45, 7) is -0.0752. The van der Waals surface area contributed by atoms with E-state index in [1.807, 2.05) is 0 Å². The van der Waals surface area contributed by atoms with Gasteiger partial charge in [0.25, 0.3) is 5.56 Å². The Kier molecular flexibility index (Phi) is 3.34. The molecule has 7 N–H and O–H groups in total. The molecule has 0 saturated carbocycles. The fourth-order valence-corrected chi connectivity index (χ4v) is 1.59. The van der Waals surface area contributed by atoms with E-state index in [-0.39, 0.29) is 12.1 Å². The van der Waals surface area contributed by atoms with Gasteiger partial charge in [-0.1, -0.05) is 0 Å². The highest BCUT2D eigenvalue weighted by molar-refractivity contribution is 5.88. The van der Waals surface area contributed by atoms with E-state index < -0.39 is 12.0 Å². The Balaban J connectivity index is 2.32. The van der Waals surface area contributed by atoms with Crippen LogP contribution < -0.4 is 22.3 Å². The molecule has 8 nitrogen and oxygen atoms in total. The molecule has 2 rings (SSSR count). The molecule has 0 saturated heterocycles. The molecular formula is C11H13N5O3. The number of nitrogens with zero attached hydrogens (tertiary/aromatic N) is 1. The Morgan fingerprint density at radius 1 is 1.53 bits per heavy atom. The number of amides is 1. The number of carbonyl (C=O) groups is 1. The molecule has 0 bridgehead atoms. The van der Waals surface area contributed by atoms with Gasteiger partial charge in [-0.2, -0.15) is 0 Å². The van der Waals surface area contributed by atoms with Crippen LogP contribution in [0.15, 0.2) is 23.3 Å². The lowest BCUT2D eigenvalue weighted by Crippen LogP contribution is -2.34. The first-order chi connectivity index (χ1) is 8.99. The van der Waals surface area contributed by atoms with Crippen LogP contribution in [0.3, 0.4) is 0 Å². The Labute approximate surface area is 107 Å². The van der Waals surface area contributed by atoms with E-state index in [4.69, 9.17) is 11.5 Å². The van der Waals surface area contributed by atoms with Gasteiger partial charge in [-0.15, -0.1) is 0 Å². The quantitative estimate of drug-likeness (QED) is 0.436. The number of aliphatic hydroxyl groups excluding tert-OH is 1. The van der Waals surface area contributed by atoms with Gasteiger partial charge < -0.3 is 26.9 Å². The lowest BCUT2D eigenvalue weighted by Gasteiger charge is -2.12. The molecule has 1 heterocycles. The van der Waals surface area contributed by atoms with Crippen LogP contribution in [0.5, 0.6) is 0 Å². The van der Waals surface area contributed by atoms with Crippen LogP contribution in [0, 0.1) is 0 Å². The highest BCUT2D eigenvalue weighted by Crippen LogP contribution is 2.22. The smallest absolute Gasteiger partial charge is 0.258 e. The van der Waals surface area contributed by atoms with Crippen molar-refractivity contribution in [3.63, 3.8) is 0 Å². The zero-order valence-corrected chi connectivity index (χ0v) is 9.88. The van der Waals surface area contributed by atoms with Gasteiger partial charge in [-0.05, 0) is 12.1 Å². The zero-order valence-electron chi connectivity index (χ0n) is 9.88. The summed E-state index contributed by atoms with van der Waals surface area (Å²) in [6, 6.07) is 3.04. The standard InChI is InChI=1S/C11H13N5O3/c12-6-1-5-7(15-4-16-11(5)19)2-8(6)14-3-9(17)10(13)18/h1-2,4,9,14,17H,3,12H2,(H2,13,18)(H,15,16,19). The molecule has 0 aliphatic heterocycles. The fraction of sp³-hybridized carbons (Fsp3) is 0.182. The highest BCUT2D eigenvalue weighted by atomic mass is 16.3. The number of rotatable bonds is 4. The van der Waals surface area contributed by atoms with Gasteiger partial charge in [-0.3, -0.25) is 9.59 Å². The van der Waals surface area contributed by atoms with Crippen LogP contribution in [0.2, 0.25) is 0 Å². The molecule has 0 aliphatic carbocycles. The van der Waals surface area contributed by atoms with E-state index in [2.05, 4.69) is 15.3 Å². The number of hydrogen-bond donors (Lipinski definition) is 5. The van der Waals surface area contributed by atoms with E-state index in [9.17, 15) is 14.7 Å². The summed E-state index contributed by atoms with van der Waals surface area (Å²) in [5.41, 5.74) is 11.6. The number of H-pyrrole nitrogens is 1. The molecule has 1 atom stereocenters. The van der Waals surface area contributed by atoms with Gasteiger partial charge in [-0.25, -0.2) is 4.98 Å². The molecule has 0 radical (unpaired) electrons. The van der Waals surface area contributed by atoms with E-state index in [0.717, 1.165) is 0 Å². The number of anilines is 2. The second-order valence-electron chi connectivity index (χ2n) is 3.99. The third-order valence-electron chi connectivity index (χ3n) is 2.63. The SMILES string of the molecule is NC(=O)C(O)CNc1cc2nc[nH]c(=O)c2cc1N. The summed E-state index contributed by atoms with van der Waals surface area (Å²) >= 11 is 0. The van der Waals surface area contributed by atoms with Crippen LogP contribution in [-0.4, -0.2) is 33.6 Å². The zero-order chi connectivity index (χ0) is 14.0. The van der Waals surface area contributed by atoms with E-state index in [1.165, 1.54) is 12.4 Å². The topological polar surface area (TPSA) is 147 Å². The van der Waals surface area contributed by atoms with Crippen molar-refractivity contribution in [2.75, 3.05) is 17.6 Å². The first kappa shape index (κ1) is 12.8. The Bertz CT molecular complexity index is 682. The number of benzene rings is 1. The molecule has 1 aromatic heterocycles. The minimum Gasteiger partial charge on any atom is -0.397 e. The maximum atomic E-state index is 11.5. The highest BCUT2D eigenvalue weighted by Gasteiger charge is 2.12. The average molecular weight is 263 g/mol.